The molecule has 2 aromatic carbocycles. The van der Waals surface area contributed by atoms with Crippen LogP contribution in [0.2, 0.25) is 0 Å². The number of likely N-dealkylation sites (tertiary alicyclic amines) is 1. The number of nitrogens with zero attached hydrogens (tertiary/aromatic N) is 3. The Labute approximate surface area is 263 Å². The molecule has 0 aliphatic carbocycles. The average molecular weight is 616 g/mol. The van der Waals surface area contributed by atoms with Gasteiger partial charge >= 0.3 is 0 Å². The van der Waals surface area contributed by atoms with Crippen LogP contribution in [0.15, 0.2) is 72.8 Å². The largest absolute Gasteiger partial charge is 0.497 e. The molecule has 6 rings (SSSR count). The molecule has 4 heterocycles. The molecule has 0 aromatic heterocycles. The van der Waals surface area contributed by atoms with Crippen LogP contribution in [0.25, 0.3) is 0 Å². The molecule has 2 aromatic rings. The molecule has 0 radical (unpaired) electrons. The van der Waals surface area contributed by atoms with Crippen molar-refractivity contribution in [2.45, 2.75) is 50.4 Å². The summed E-state index contributed by atoms with van der Waals surface area (Å²) in [5.41, 5.74) is 0.0965. The summed E-state index contributed by atoms with van der Waals surface area (Å²) in [4.78, 5) is 48.5. The second-order valence-electron chi connectivity index (χ2n) is 11.9. The summed E-state index contributed by atoms with van der Waals surface area (Å²) in [5.74, 6) is -0.948. The minimum Gasteiger partial charge on any atom is -0.497 e. The van der Waals surface area contributed by atoms with E-state index in [-0.39, 0.29) is 24.3 Å². The first kappa shape index (κ1) is 30.9. The van der Waals surface area contributed by atoms with Crippen LogP contribution in [0.4, 0.5) is 11.4 Å². The number of fused-ring (bicyclic) bond motifs is 2. The third-order valence-corrected chi connectivity index (χ3v) is 9.31. The predicted octanol–water partition coefficient (Wildman–Crippen LogP) is 3.73. The van der Waals surface area contributed by atoms with Gasteiger partial charge in [0.05, 0.1) is 31.7 Å². The number of carbonyl (C=O) groups is 3. The van der Waals surface area contributed by atoms with E-state index < -0.39 is 29.6 Å². The molecular formula is C35H41N3O7. The highest BCUT2D eigenvalue weighted by atomic mass is 16.5. The standard InChI is InChI=1S/C35H41N3O7/c1-3-44-27-17-13-24(14-18-27)36-21-8-10-28-29(32(36)40)30-33(41)38(20-6-4-5-7-23-39)31-34(42)37(22-9-19-35(30,31)45-28)25-11-15-26(43-2)16-12-25/h8-19,28-31,39H,3-7,20-23H2,1-2H3/t28-,29+,30+,31?,35+/m1/s1. The van der Waals surface area contributed by atoms with Gasteiger partial charge in [-0.3, -0.25) is 14.4 Å². The molecule has 4 aliphatic rings. The maximum Gasteiger partial charge on any atom is 0.253 e. The fourth-order valence-electron chi connectivity index (χ4n) is 7.24. The summed E-state index contributed by atoms with van der Waals surface area (Å²) in [7, 11) is 1.59. The third-order valence-electron chi connectivity index (χ3n) is 9.31. The Bertz CT molecular complexity index is 1460. The number of ether oxygens (including phenoxy) is 3. The number of rotatable bonds is 11. The van der Waals surface area contributed by atoms with Gasteiger partial charge in [0, 0.05) is 37.6 Å². The van der Waals surface area contributed by atoms with Crippen LogP contribution in [0.1, 0.15) is 32.6 Å². The molecular weight excluding hydrogens is 574 g/mol. The summed E-state index contributed by atoms with van der Waals surface area (Å²) < 4.78 is 17.7. The van der Waals surface area contributed by atoms with Crippen LogP contribution >= 0.6 is 0 Å². The summed E-state index contributed by atoms with van der Waals surface area (Å²) in [6.07, 6.45) is 9.86. The van der Waals surface area contributed by atoms with E-state index in [1.54, 1.807) is 33.9 Å². The molecule has 45 heavy (non-hydrogen) atoms. The highest BCUT2D eigenvalue weighted by Gasteiger charge is 2.71. The van der Waals surface area contributed by atoms with Crippen LogP contribution in [0, 0.1) is 11.8 Å². The molecule has 3 amide bonds. The number of amides is 3. The van der Waals surface area contributed by atoms with Crippen molar-refractivity contribution >= 4 is 29.1 Å². The maximum absolute atomic E-state index is 14.6. The number of hydrogen-bond donors (Lipinski definition) is 1. The van der Waals surface area contributed by atoms with Gasteiger partial charge in [-0.05, 0) is 68.3 Å². The second kappa shape index (κ2) is 13.1. The van der Waals surface area contributed by atoms with E-state index in [1.807, 2.05) is 67.6 Å². The molecule has 2 fully saturated rings. The predicted molar refractivity (Wildman–Crippen MR) is 169 cm³/mol. The van der Waals surface area contributed by atoms with Crippen molar-refractivity contribution in [3.05, 3.63) is 72.8 Å². The Morgan fingerprint density at radius 3 is 2.16 bits per heavy atom. The highest BCUT2D eigenvalue weighted by Crippen LogP contribution is 2.54. The zero-order valence-electron chi connectivity index (χ0n) is 25.8. The molecule has 2 saturated heterocycles. The van der Waals surface area contributed by atoms with E-state index in [1.165, 1.54) is 0 Å². The quantitative estimate of drug-likeness (QED) is 0.303. The lowest BCUT2D eigenvalue weighted by Gasteiger charge is -2.35. The van der Waals surface area contributed by atoms with Crippen molar-refractivity contribution in [2.75, 3.05) is 49.8 Å². The Kier molecular flexibility index (Phi) is 8.96. The lowest BCUT2D eigenvalue weighted by Crippen LogP contribution is -2.55. The zero-order chi connectivity index (χ0) is 31.6. The fourth-order valence-corrected chi connectivity index (χ4v) is 7.24. The van der Waals surface area contributed by atoms with Gasteiger partial charge in [-0.15, -0.1) is 0 Å². The maximum atomic E-state index is 14.6. The number of hydrogen-bond acceptors (Lipinski definition) is 7. The van der Waals surface area contributed by atoms with Crippen LogP contribution in [0.5, 0.6) is 11.5 Å². The molecule has 1 N–H and O–H groups in total. The first-order valence-corrected chi connectivity index (χ1v) is 15.9. The van der Waals surface area contributed by atoms with Crippen molar-refractivity contribution in [2.24, 2.45) is 11.8 Å². The summed E-state index contributed by atoms with van der Waals surface area (Å²) >= 11 is 0. The fraction of sp³-hybridized carbons (Fsp3) is 0.457. The molecule has 10 heteroatoms. The SMILES string of the molecule is CCOc1ccc(N2CC=C[C@H]3O[C@]45C=CCN(c6ccc(OC)cc6)C(=O)C4N(CCCCCCO)C(=O)[C@@H]5[C@H]3C2=O)cc1. The first-order chi connectivity index (χ1) is 21.9. The third kappa shape index (κ3) is 5.50. The zero-order valence-corrected chi connectivity index (χ0v) is 25.8. The van der Waals surface area contributed by atoms with Gasteiger partial charge in [0.15, 0.2) is 0 Å². The summed E-state index contributed by atoms with van der Waals surface area (Å²) in [6, 6.07) is 13.7. The molecule has 1 unspecified atom stereocenters. The molecule has 238 valence electrons. The second-order valence-corrected chi connectivity index (χ2v) is 11.9. The van der Waals surface area contributed by atoms with Crippen molar-refractivity contribution in [3.63, 3.8) is 0 Å². The van der Waals surface area contributed by atoms with E-state index >= 15 is 0 Å². The van der Waals surface area contributed by atoms with Crippen LogP contribution in [-0.2, 0) is 19.1 Å². The Morgan fingerprint density at radius 1 is 0.844 bits per heavy atom. The molecule has 0 bridgehead atoms. The van der Waals surface area contributed by atoms with Crippen LogP contribution in [0.3, 0.4) is 0 Å². The number of unbranched alkanes of at least 4 members (excludes halogenated alkanes) is 3. The van der Waals surface area contributed by atoms with Gasteiger partial charge in [-0.2, -0.15) is 0 Å². The number of anilines is 2. The van der Waals surface area contributed by atoms with E-state index in [2.05, 4.69) is 0 Å². The van der Waals surface area contributed by atoms with Crippen molar-refractivity contribution in [1.29, 1.82) is 0 Å². The van der Waals surface area contributed by atoms with Gasteiger partial charge < -0.3 is 34.0 Å². The summed E-state index contributed by atoms with van der Waals surface area (Å²) in [5, 5.41) is 9.22. The van der Waals surface area contributed by atoms with E-state index in [4.69, 9.17) is 14.2 Å². The van der Waals surface area contributed by atoms with E-state index in [9.17, 15) is 19.5 Å². The van der Waals surface area contributed by atoms with Gasteiger partial charge in [0.2, 0.25) is 11.8 Å². The smallest absolute Gasteiger partial charge is 0.253 e. The Hall–Kier alpha value is -4.15. The lowest BCUT2D eigenvalue weighted by molar-refractivity contribution is -0.140. The molecule has 0 saturated carbocycles. The molecule has 5 atom stereocenters. The van der Waals surface area contributed by atoms with Gasteiger partial charge in [-0.25, -0.2) is 0 Å². The van der Waals surface area contributed by atoms with Crippen molar-refractivity contribution in [3.8, 4) is 11.5 Å². The Morgan fingerprint density at radius 2 is 1.49 bits per heavy atom. The van der Waals surface area contributed by atoms with Crippen molar-refractivity contribution in [1.82, 2.24) is 4.90 Å². The van der Waals surface area contributed by atoms with Crippen LogP contribution in [-0.4, -0.2) is 85.4 Å². The highest BCUT2D eigenvalue weighted by molar-refractivity contribution is 6.07. The number of aliphatic hydroxyl groups is 1. The normalized spacial score (nSPS) is 27.3. The lowest BCUT2D eigenvalue weighted by atomic mass is 9.77. The van der Waals surface area contributed by atoms with Crippen molar-refractivity contribution < 1.29 is 33.7 Å². The minimum absolute atomic E-state index is 0.119. The minimum atomic E-state index is -1.29. The van der Waals surface area contributed by atoms with Crippen LogP contribution < -0.4 is 19.3 Å². The number of benzene rings is 2. The van der Waals surface area contributed by atoms with Gasteiger partial charge in [0.25, 0.3) is 5.91 Å². The first-order valence-electron chi connectivity index (χ1n) is 15.9. The topological polar surface area (TPSA) is 109 Å². The number of methoxy groups -OCH3 is 1. The Balaban J connectivity index is 1.35. The summed E-state index contributed by atoms with van der Waals surface area (Å²) in [6.45, 7) is 3.58. The molecule has 1 spiro atoms. The molecule has 4 aliphatic heterocycles. The monoisotopic (exact) mass is 615 g/mol. The molecule has 10 nitrogen and oxygen atoms in total. The van der Waals surface area contributed by atoms with Gasteiger partial charge in [0.1, 0.15) is 23.1 Å². The van der Waals surface area contributed by atoms with E-state index in [0.717, 1.165) is 12.8 Å². The van der Waals surface area contributed by atoms with Gasteiger partial charge in [-0.1, -0.05) is 37.1 Å². The average Bonchev–Trinajstić information content (AvgIpc) is 3.36. The number of carbonyl (C=O) groups excluding carboxylic acids is 3. The number of aliphatic hydroxyl groups excluding tert-OH is 1. The van der Waals surface area contributed by atoms with E-state index in [0.29, 0.717) is 62.0 Å².